The van der Waals surface area contributed by atoms with Gasteiger partial charge < -0.3 is 10.6 Å². The van der Waals surface area contributed by atoms with E-state index in [4.69, 9.17) is 0 Å². The Morgan fingerprint density at radius 1 is 1.44 bits per heavy atom. The second-order valence-electron chi connectivity index (χ2n) is 4.25. The molecular formula is C12H16N4. The first kappa shape index (κ1) is 9.66. The van der Waals surface area contributed by atoms with E-state index >= 15 is 0 Å². The van der Waals surface area contributed by atoms with Gasteiger partial charge in [-0.25, -0.2) is 4.98 Å². The minimum atomic E-state index is 0.529. The van der Waals surface area contributed by atoms with Gasteiger partial charge in [-0.1, -0.05) is 6.07 Å². The van der Waals surface area contributed by atoms with Crippen molar-refractivity contribution in [1.82, 2.24) is 14.7 Å². The highest BCUT2D eigenvalue weighted by molar-refractivity contribution is 5.50. The first-order valence-electron chi connectivity index (χ1n) is 5.83. The fourth-order valence-corrected chi connectivity index (χ4v) is 2.25. The van der Waals surface area contributed by atoms with Gasteiger partial charge in [0.2, 0.25) is 0 Å². The van der Waals surface area contributed by atoms with Gasteiger partial charge in [-0.2, -0.15) is 0 Å². The molecule has 2 aromatic rings. The molecule has 4 nitrogen and oxygen atoms in total. The number of hydrogen-bond donors (Lipinski definition) is 2. The molecule has 0 aromatic carbocycles. The second kappa shape index (κ2) is 4.14. The van der Waals surface area contributed by atoms with Gasteiger partial charge in [-0.05, 0) is 31.5 Å². The van der Waals surface area contributed by atoms with Crippen LogP contribution in [0.4, 0.5) is 5.82 Å². The molecule has 2 N–H and O–H groups in total. The van der Waals surface area contributed by atoms with Crippen LogP contribution >= 0.6 is 0 Å². The lowest BCUT2D eigenvalue weighted by Crippen LogP contribution is -2.38. The molecule has 0 aliphatic carbocycles. The molecular weight excluding hydrogens is 200 g/mol. The van der Waals surface area contributed by atoms with E-state index in [9.17, 15) is 0 Å². The number of imidazole rings is 1. The summed E-state index contributed by atoms with van der Waals surface area (Å²) in [7, 11) is 0. The van der Waals surface area contributed by atoms with Crippen LogP contribution in [0.15, 0.2) is 30.6 Å². The third-order valence-electron chi connectivity index (χ3n) is 3.08. The Labute approximate surface area is 94.7 Å². The van der Waals surface area contributed by atoms with Crippen LogP contribution < -0.4 is 10.6 Å². The number of fused-ring (bicyclic) bond motifs is 1. The maximum atomic E-state index is 4.28. The summed E-state index contributed by atoms with van der Waals surface area (Å²) in [6.07, 6.45) is 6.31. The molecule has 0 amide bonds. The molecule has 0 saturated carbocycles. The SMILES string of the molecule is c1cc(NC2CCCNC2)n2ccnc2c1. The van der Waals surface area contributed by atoms with E-state index < -0.39 is 0 Å². The number of nitrogens with one attached hydrogen (secondary N) is 2. The van der Waals surface area contributed by atoms with Crippen molar-refractivity contribution in [2.45, 2.75) is 18.9 Å². The maximum Gasteiger partial charge on any atom is 0.138 e. The molecule has 84 valence electrons. The molecule has 4 heteroatoms. The zero-order valence-corrected chi connectivity index (χ0v) is 9.19. The number of piperidine rings is 1. The van der Waals surface area contributed by atoms with Gasteiger partial charge in [0.1, 0.15) is 11.5 Å². The van der Waals surface area contributed by atoms with Gasteiger partial charge in [0.15, 0.2) is 0 Å². The van der Waals surface area contributed by atoms with Crippen molar-refractivity contribution in [2.75, 3.05) is 18.4 Å². The molecule has 1 atom stereocenters. The summed E-state index contributed by atoms with van der Waals surface area (Å²) in [6, 6.07) is 6.69. The second-order valence-corrected chi connectivity index (χ2v) is 4.25. The van der Waals surface area contributed by atoms with Gasteiger partial charge in [0.25, 0.3) is 0 Å². The van der Waals surface area contributed by atoms with Crippen LogP contribution in [0.1, 0.15) is 12.8 Å². The van der Waals surface area contributed by atoms with Crippen LogP contribution in [0.3, 0.4) is 0 Å². The summed E-state index contributed by atoms with van der Waals surface area (Å²) in [5.74, 6) is 1.13. The first-order valence-corrected chi connectivity index (χ1v) is 5.83. The summed E-state index contributed by atoms with van der Waals surface area (Å²) in [5, 5.41) is 6.98. The fourth-order valence-electron chi connectivity index (χ4n) is 2.25. The Balaban J connectivity index is 1.85. The molecule has 0 spiro atoms. The lowest BCUT2D eigenvalue weighted by molar-refractivity contribution is 0.478. The summed E-state index contributed by atoms with van der Waals surface area (Å²) in [6.45, 7) is 2.19. The van der Waals surface area contributed by atoms with Crippen molar-refractivity contribution in [3.8, 4) is 0 Å². The first-order chi connectivity index (χ1) is 7.93. The van der Waals surface area contributed by atoms with Crippen molar-refractivity contribution >= 4 is 11.5 Å². The number of anilines is 1. The molecule has 0 bridgehead atoms. The van der Waals surface area contributed by atoms with Crippen LogP contribution in [0, 0.1) is 0 Å². The Kier molecular flexibility index (Phi) is 2.50. The quantitative estimate of drug-likeness (QED) is 0.799. The summed E-state index contributed by atoms with van der Waals surface area (Å²) >= 11 is 0. The van der Waals surface area contributed by atoms with Crippen molar-refractivity contribution < 1.29 is 0 Å². The molecule has 1 aliphatic heterocycles. The highest BCUT2D eigenvalue weighted by Crippen LogP contribution is 2.14. The molecule has 1 aliphatic rings. The Bertz CT molecular complexity index is 471. The number of pyridine rings is 1. The van der Waals surface area contributed by atoms with E-state index in [1.54, 1.807) is 0 Å². The van der Waals surface area contributed by atoms with Crippen LogP contribution in [-0.4, -0.2) is 28.5 Å². The lowest BCUT2D eigenvalue weighted by Gasteiger charge is -2.25. The number of rotatable bonds is 2. The molecule has 0 radical (unpaired) electrons. The summed E-state index contributed by atoms with van der Waals surface area (Å²) in [5.41, 5.74) is 0.994. The number of aromatic nitrogens is 2. The summed E-state index contributed by atoms with van der Waals surface area (Å²) < 4.78 is 2.09. The fraction of sp³-hybridized carbons (Fsp3) is 0.417. The number of hydrogen-bond acceptors (Lipinski definition) is 3. The molecule has 3 heterocycles. The van der Waals surface area contributed by atoms with Crippen molar-refractivity contribution in [3.05, 3.63) is 30.6 Å². The van der Waals surface area contributed by atoms with Crippen LogP contribution in [-0.2, 0) is 0 Å². The smallest absolute Gasteiger partial charge is 0.138 e. The average Bonchev–Trinajstić information content (AvgIpc) is 2.80. The van der Waals surface area contributed by atoms with E-state index in [1.807, 2.05) is 24.5 Å². The molecule has 2 aromatic heterocycles. The monoisotopic (exact) mass is 216 g/mol. The molecule has 1 unspecified atom stereocenters. The Morgan fingerprint density at radius 3 is 3.31 bits per heavy atom. The molecule has 16 heavy (non-hydrogen) atoms. The van der Waals surface area contributed by atoms with Crippen LogP contribution in [0.2, 0.25) is 0 Å². The largest absolute Gasteiger partial charge is 0.367 e. The van der Waals surface area contributed by atoms with E-state index in [0.717, 1.165) is 24.6 Å². The molecule has 3 rings (SSSR count). The van der Waals surface area contributed by atoms with E-state index in [1.165, 1.54) is 12.8 Å². The topological polar surface area (TPSA) is 41.4 Å². The van der Waals surface area contributed by atoms with Gasteiger partial charge in [-0.15, -0.1) is 0 Å². The minimum Gasteiger partial charge on any atom is -0.367 e. The third kappa shape index (κ3) is 1.76. The van der Waals surface area contributed by atoms with Gasteiger partial charge in [-0.3, -0.25) is 4.40 Å². The van der Waals surface area contributed by atoms with Crippen molar-refractivity contribution in [1.29, 1.82) is 0 Å². The van der Waals surface area contributed by atoms with Crippen molar-refractivity contribution in [3.63, 3.8) is 0 Å². The normalized spacial score (nSPS) is 21.1. The predicted octanol–water partition coefficient (Wildman–Crippen LogP) is 1.50. The van der Waals surface area contributed by atoms with Gasteiger partial charge in [0.05, 0.1) is 0 Å². The van der Waals surface area contributed by atoms with Crippen LogP contribution in [0.5, 0.6) is 0 Å². The maximum absolute atomic E-state index is 4.28. The Morgan fingerprint density at radius 2 is 2.44 bits per heavy atom. The molecule has 1 fully saturated rings. The Hall–Kier alpha value is -1.55. The lowest BCUT2D eigenvalue weighted by atomic mass is 10.1. The zero-order valence-electron chi connectivity index (χ0n) is 9.19. The molecule has 1 saturated heterocycles. The summed E-state index contributed by atoms with van der Waals surface area (Å²) in [4.78, 5) is 4.28. The number of nitrogens with zero attached hydrogens (tertiary/aromatic N) is 2. The van der Waals surface area contributed by atoms with Crippen LogP contribution in [0.25, 0.3) is 5.65 Å². The third-order valence-corrected chi connectivity index (χ3v) is 3.08. The van der Waals surface area contributed by atoms with E-state index in [2.05, 4.69) is 26.1 Å². The predicted molar refractivity (Wildman–Crippen MR) is 64.7 cm³/mol. The zero-order chi connectivity index (χ0) is 10.8. The van der Waals surface area contributed by atoms with Crippen molar-refractivity contribution in [2.24, 2.45) is 0 Å². The highest BCUT2D eigenvalue weighted by atomic mass is 15.1. The minimum absolute atomic E-state index is 0.529. The average molecular weight is 216 g/mol. The van der Waals surface area contributed by atoms with E-state index in [0.29, 0.717) is 6.04 Å². The standard InChI is InChI=1S/C12H16N4/c1-4-11-14-7-8-16(11)12(5-1)15-10-3-2-6-13-9-10/h1,4-5,7-8,10,13,15H,2-3,6,9H2. The highest BCUT2D eigenvalue weighted by Gasteiger charge is 2.13. The van der Waals surface area contributed by atoms with Gasteiger partial charge in [0, 0.05) is 25.0 Å². The van der Waals surface area contributed by atoms with Gasteiger partial charge >= 0.3 is 0 Å². The van der Waals surface area contributed by atoms with E-state index in [-0.39, 0.29) is 0 Å².